The molecule has 0 N–H and O–H groups in total. The summed E-state index contributed by atoms with van der Waals surface area (Å²) >= 11 is 0. The van der Waals surface area contributed by atoms with Crippen LogP contribution in [0.5, 0.6) is 0 Å². The molecular formula is C23H48. The highest BCUT2D eigenvalue weighted by atomic mass is 14.1. The molecule has 0 saturated carbocycles. The van der Waals surface area contributed by atoms with Crippen LogP contribution in [0.3, 0.4) is 0 Å². The molecule has 140 valence electrons. The average molecular weight is 325 g/mol. The molecule has 0 fully saturated rings. The van der Waals surface area contributed by atoms with E-state index in [0.29, 0.717) is 0 Å². The molecule has 0 aliphatic heterocycles. The molecule has 0 nitrogen and oxygen atoms in total. The number of rotatable bonds is 19. The minimum absolute atomic E-state index is 0.972. The number of unbranched alkanes of at least 4 members (excludes halogenated alkanes) is 15. The highest BCUT2D eigenvalue weighted by Gasteiger charge is 2.02. The van der Waals surface area contributed by atoms with Crippen LogP contribution in [0.1, 0.15) is 143 Å². The molecule has 0 heteroatoms. The largest absolute Gasteiger partial charge is 0.0654 e. The van der Waals surface area contributed by atoms with E-state index >= 15 is 0 Å². The Balaban J connectivity index is 3.08. The SMILES string of the molecule is CCCCCCCCCCCCCCC(C)CCCCCCC. The van der Waals surface area contributed by atoms with Crippen molar-refractivity contribution in [3.05, 3.63) is 0 Å². The fourth-order valence-electron chi connectivity index (χ4n) is 3.57. The Hall–Kier alpha value is 0. The van der Waals surface area contributed by atoms with E-state index in [-0.39, 0.29) is 0 Å². The van der Waals surface area contributed by atoms with Gasteiger partial charge in [0.2, 0.25) is 0 Å². The predicted molar refractivity (Wildman–Crippen MR) is 108 cm³/mol. The van der Waals surface area contributed by atoms with Crippen LogP contribution >= 0.6 is 0 Å². The molecule has 0 spiro atoms. The summed E-state index contributed by atoms with van der Waals surface area (Å²) < 4.78 is 0. The summed E-state index contributed by atoms with van der Waals surface area (Å²) in [6, 6.07) is 0. The monoisotopic (exact) mass is 324 g/mol. The van der Waals surface area contributed by atoms with Gasteiger partial charge in [-0.2, -0.15) is 0 Å². The Bertz CT molecular complexity index is 196. The third kappa shape index (κ3) is 20.0. The lowest BCUT2D eigenvalue weighted by molar-refractivity contribution is 0.431. The summed E-state index contributed by atoms with van der Waals surface area (Å²) in [4.78, 5) is 0. The second-order valence-corrected chi connectivity index (χ2v) is 7.99. The molecule has 0 aromatic carbocycles. The summed E-state index contributed by atoms with van der Waals surface area (Å²) in [6.45, 7) is 7.07. The third-order valence-electron chi connectivity index (χ3n) is 5.35. The molecule has 0 amide bonds. The van der Waals surface area contributed by atoms with E-state index < -0.39 is 0 Å². The lowest BCUT2D eigenvalue weighted by Gasteiger charge is -2.11. The van der Waals surface area contributed by atoms with Gasteiger partial charge in [-0.3, -0.25) is 0 Å². The van der Waals surface area contributed by atoms with Crippen LogP contribution in [-0.4, -0.2) is 0 Å². The molecule has 0 heterocycles. The van der Waals surface area contributed by atoms with Crippen LogP contribution in [0.4, 0.5) is 0 Å². The van der Waals surface area contributed by atoms with E-state index in [0.717, 1.165) is 5.92 Å². The van der Waals surface area contributed by atoms with Gasteiger partial charge >= 0.3 is 0 Å². The normalized spacial score (nSPS) is 12.7. The van der Waals surface area contributed by atoms with Crippen molar-refractivity contribution in [2.24, 2.45) is 5.92 Å². The molecule has 0 aromatic heterocycles. The van der Waals surface area contributed by atoms with Crippen molar-refractivity contribution >= 4 is 0 Å². The molecule has 0 rings (SSSR count). The van der Waals surface area contributed by atoms with E-state index in [4.69, 9.17) is 0 Å². The van der Waals surface area contributed by atoms with Gasteiger partial charge in [-0.05, 0) is 5.92 Å². The maximum absolute atomic E-state index is 2.47. The Morgan fingerprint density at radius 3 is 0.957 bits per heavy atom. The van der Waals surface area contributed by atoms with Crippen LogP contribution < -0.4 is 0 Å². The molecule has 0 aliphatic rings. The van der Waals surface area contributed by atoms with E-state index in [1.165, 1.54) is 122 Å². The third-order valence-corrected chi connectivity index (χ3v) is 5.35. The Labute approximate surface area is 149 Å². The second kappa shape index (κ2) is 20.0. The average Bonchev–Trinajstić information content (AvgIpc) is 2.55. The van der Waals surface area contributed by atoms with E-state index in [9.17, 15) is 0 Å². The second-order valence-electron chi connectivity index (χ2n) is 7.99. The minimum atomic E-state index is 0.972. The highest BCUT2D eigenvalue weighted by molar-refractivity contribution is 4.56. The van der Waals surface area contributed by atoms with Gasteiger partial charge < -0.3 is 0 Å². The van der Waals surface area contributed by atoms with Crippen molar-refractivity contribution in [3.8, 4) is 0 Å². The fourth-order valence-corrected chi connectivity index (χ4v) is 3.57. The number of hydrogen-bond acceptors (Lipinski definition) is 0. The van der Waals surface area contributed by atoms with Crippen molar-refractivity contribution in [1.82, 2.24) is 0 Å². The quantitative estimate of drug-likeness (QED) is 0.208. The molecular weight excluding hydrogens is 276 g/mol. The lowest BCUT2D eigenvalue weighted by atomic mass is 9.96. The van der Waals surface area contributed by atoms with Crippen LogP contribution in [0.25, 0.3) is 0 Å². The first-order chi connectivity index (χ1) is 11.3. The van der Waals surface area contributed by atoms with Crippen molar-refractivity contribution in [2.75, 3.05) is 0 Å². The molecule has 23 heavy (non-hydrogen) atoms. The highest BCUT2D eigenvalue weighted by Crippen LogP contribution is 2.18. The zero-order chi connectivity index (χ0) is 17.0. The van der Waals surface area contributed by atoms with Crippen molar-refractivity contribution in [1.29, 1.82) is 0 Å². The Kier molecular flexibility index (Phi) is 20.0. The van der Waals surface area contributed by atoms with Crippen LogP contribution in [0, 0.1) is 5.92 Å². The summed E-state index contributed by atoms with van der Waals surface area (Å²) in [5, 5.41) is 0. The van der Waals surface area contributed by atoms with Crippen LogP contribution in [0.15, 0.2) is 0 Å². The Morgan fingerprint density at radius 1 is 0.391 bits per heavy atom. The molecule has 1 unspecified atom stereocenters. The smallest absolute Gasteiger partial charge is 0.0443 e. The maximum atomic E-state index is 2.47. The fraction of sp³-hybridized carbons (Fsp3) is 1.00. The molecule has 0 bridgehead atoms. The van der Waals surface area contributed by atoms with E-state index in [2.05, 4.69) is 20.8 Å². The van der Waals surface area contributed by atoms with Gasteiger partial charge in [-0.25, -0.2) is 0 Å². The Morgan fingerprint density at radius 2 is 0.652 bits per heavy atom. The first kappa shape index (κ1) is 23.0. The summed E-state index contributed by atoms with van der Waals surface area (Å²) in [5.74, 6) is 0.972. The van der Waals surface area contributed by atoms with Gasteiger partial charge in [0.25, 0.3) is 0 Å². The first-order valence-electron chi connectivity index (χ1n) is 11.3. The summed E-state index contributed by atoms with van der Waals surface area (Å²) in [6.07, 6.45) is 27.8. The van der Waals surface area contributed by atoms with Crippen LogP contribution in [0.2, 0.25) is 0 Å². The zero-order valence-electron chi connectivity index (χ0n) is 17.0. The molecule has 1 atom stereocenters. The predicted octanol–water partition coefficient (Wildman–Crippen LogP) is 9.07. The van der Waals surface area contributed by atoms with E-state index in [1.807, 2.05) is 0 Å². The topological polar surface area (TPSA) is 0 Å². The van der Waals surface area contributed by atoms with Gasteiger partial charge in [0, 0.05) is 0 Å². The molecule has 0 aliphatic carbocycles. The zero-order valence-corrected chi connectivity index (χ0v) is 17.0. The standard InChI is InChI=1S/C23H48/c1-4-6-8-10-11-12-13-14-15-16-18-20-22-23(3)21-19-17-9-7-5-2/h23H,4-22H2,1-3H3. The van der Waals surface area contributed by atoms with Gasteiger partial charge in [-0.1, -0.05) is 143 Å². The van der Waals surface area contributed by atoms with Gasteiger partial charge in [0.15, 0.2) is 0 Å². The first-order valence-corrected chi connectivity index (χ1v) is 11.3. The lowest BCUT2D eigenvalue weighted by Crippen LogP contribution is -1.95. The maximum Gasteiger partial charge on any atom is -0.0443 e. The van der Waals surface area contributed by atoms with Crippen molar-refractivity contribution < 1.29 is 0 Å². The summed E-state index contributed by atoms with van der Waals surface area (Å²) in [7, 11) is 0. The van der Waals surface area contributed by atoms with Gasteiger partial charge in [0.05, 0.1) is 0 Å². The van der Waals surface area contributed by atoms with Crippen molar-refractivity contribution in [2.45, 2.75) is 143 Å². The van der Waals surface area contributed by atoms with Gasteiger partial charge in [-0.15, -0.1) is 0 Å². The van der Waals surface area contributed by atoms with Crippen LogP contribution in [-0.2, 0) is 0 Å². The minimum Gasteiger partial charge on any atom is -0.0654 e. The molecule has 0 aromatic rings. The van der Waals surface area contributed by atoms with Crippen molar-refractivity contribution in [3.63, 3.8) is 0 Å². The summed E-state index contributed by atoms with van der Waals surface area (Å²) in [5.41, 5.74) is 0. The number of hydrogen-bond donors (Lipinski definition) is 0. The van der Waals surface area contributed by atoms with Gasteiger partial charge in [0.1, 0.15) is 0 Å². The molecule has 0 radical (unpaired) electrons. The molecule has 0 saturated heterocycles. The van der Waals surface area contributed by atoms with E-state index in [1.54, 1.807) is 0 Å².